The summed E-state index contributed by atoms with van der Waals surface area (Å²) in [6, 6.07) is 11.9. The van der Waals surface area contributed by atoms with E-state index in [1.165, 1.54) is 10.5 Å². The third-order valence-corrected chi connectivity index (χ3v) is 5.41. The van der Waals surface area contributed by atoms with Crippen LogP contribution in [0.2, 0.25) is 0 Å². The number of hydrogen-bond donors (Lipinski definition) is 1. The van der Waals surface area contributed by atoms with Crippen molar-refractivity contribution in [2.75, 3.05) is 19.6 Å². The second-order valence-corrected chi connectivity index (χ2v) is 7.51. The first-order valence-electron chi connectivity index (χ1n) is 8.96. The number of aryl methyl sites for hydroxylation is 1. The van der Waals surface area contributed by atoms with Gasteiger partial charge in [-0.15, -0.1) is 11.8 Å². The fraction of sp³-hybridized carbons (Fsp3) is 0.400. The third-order valence-electron chi connectivity index (χ3n) is 4.38. The standard InChI is InChI=1S/C20H24N2O3S/c1-15-5-8-17(9-6-15)26-14-16-7-10-18(25-16)20(24)21-11-13-22-12-3-2-4-19(22)23/h5-10H,2-4,11-14H2,1H3,(H,21,24). The molecule has 0 bridgehead atoms. The van der Waals surface area contributed by atoms with E-state index in [9.17, 15) is 9.59 Å². The van der Waals surface area contributed by atoms with Crippen molar-refractivity contribution in [1.29, 1.82) is 0 Å². The molecule has 0 radical (unpaired) electrons. The number of carbonyl (C=O) groups excluding carboxylic acids is 2. The topological polar surface area (TPSA) is 62.6 Å². The normalized spacial score (nSPS) is 14.5. The Morgan fingerprint density at radius 3 is 2.77 bits per heavy atom. The highest BCUT2D eigenvalue weighted by Crippen LogP contribution is 2.24. The Labute approximate surface area is 158 Å². The molecule has 26 heavy (non-hydrogen) atoms. The molecule has 1 saturated heterocycles. The summed E-state index contributed by atoms with van der Waals surface area (Å²) in [6.45, 7) is 3.85. The summed E-state index contributed by atoms with van der Waals surface area (Å²) in [6.07, 6.45) is 2.63. The zero-order valence-electron chi connectivity index (χ0n) is 15.0. The number of rotatable bonds is 7. The van der Waals surface area contributed by atoms with Gasteiger partial charge in [-0.2, -0.15) is 0 Å². The molecule has 138 valence electrons. The summed E-state index contributed by atoms with van der Waals surface area (Å²) < 4.78 is 5.64. The number of furan rings is 1. The molecule has 1 aliphatic heterocycles. The van der Waals surface area contributed by atoms with Crippen molar-refractivity contribution in [2.24, 2.45) is 0 Å². The number of benzene rings is 1. The molecule has 6 heteroatoms. The van der Waals surface area contributed by atoms with E-state index in [4.69, 9.17) is 4.42 Å². The van der Waals surface area contributed by atoms with Crippen LogP contribution in [0.25, 0.3) is 0 Å². The van der Waals surface area contributed by atoms with E-state index < -0.39 is 0 Å². The number of nitrogens with zero attached hydrogens (tertiary/aromatic N) is 1. The van der Waals surface area contributed by atoms with Gasteiger partial charge < -0.3 is 14.6 Å². The van der Waals surface area contributed by atoms with E-state index in [-0.39, 0.29) is 11.8 Å². The van der Waals surface area contributed by atoms with Gasteiger partial charge in [-0.05, 0) is 44.0 Å². The summed E-state index contributed by atoms with van der Waals surface area (Å²) in [5.41, 5.74) is 1.23. The van der Waals surface area contributed by atoms with Gasteiger partial charge >= 0.3 is 0 Å². The molecule has 1 fully saturated rings. The van der Waals surface area contributed by atoms with Crippen molar-refractivity contribution in [3.63, 3.8) is 0 Å². The zero-order chi connectivity index (χ0) is 18.4. The van der Waals surface area contributed by atoms with Gasteiger partial charge in [0.25, 0.3) is 5.91 Å². The molecular weight excluding hydrogens is 348 g/mol. The Morgan fingerprint density at radius 2 is 2.00 bits per heavy atom. The zero-order valence-corrected chi connectivity index (χ0v) is 15.8. The monoisotopic (exact) mass is 372 g/mol. The highest BCUT2D eigenvalue weighted by atomic mass is 32.2. The summed E-state index contributed by atoms with van der Waals surface area (Å²) in [7, 11) is 0. The number of hydrogen-bond acceptors (Lipinski definition) is 4. The first-order valence-corrected chi connectivity index (χ1v) is 9.94. The summed E-state index contributed by atoms with van der Waals surface area (Å²) in [5.74, 6) is 1.71. The van der Waals surface area contributed by atoms with Gasteiger partial charge in [0.2, 0.25) is 5.91 Å². The van der Waals surface area contributed by atoms with Gasteiger partial charge in [-0.25, -0.2) is 0 Å². The van der Waals surface area contributed by atoms with Crippen LogP contribution in [0.4, 0.5) is 0 Å². The average molecular weight is 372 g/mol. The summed E-state index contributed by atoms with van der Waals surface area (Å²) in [4.78, 5) is 26.9. The molecule has 0 aliphatic carbocycles. The first-order chi connectivity index (χ1) is 12.6. The lowest BCUT2D eigenvalue weighted by Gasteiger charge is -2.26. The van der Waals surface area contributed by atoms with Crippen LogP contribution in [0.3, 0.4) is 0 Å². The number of carbonyl (C=O) groups is 2. The molecule has 1 N–H and O–H groups in total. The minimum atomic E-state index is -0.235. The van der Waals surface area contributed by atoms with E-state index in [2.05, 4.69) is 36.5 Å². The minimum absolute atomic E-state index is 0.180. The average Bonchev–Trinajstić information content (AvgIpc) is 3.12. The quantitative estimate of drug-likeness (QED) is 0.754. The van der Waals surface area contributed by atoms with Crippen LogP contribution in [0.15, 0.2) is 45.7 Å². The Balaban J connectivity index is 1.43. The van der Waals surface area contributed by atoms with E-state index in [1.807, 2.05) is 11.0 Å². The lowest BCUT2D eigenvalue weighted by atomic mass is 10.1. The van der Waals surface area contributed by atoms with E-state index in [0.717, 1.165) is 25.1 Å². The summed E-state index contributed by atoms with van der Waals surface area (Å²) >= 11 is 1.67. The highest BCUT2D eigenvalue weighted by molar-refractivity contribution is 7.98. The van der Waals surface area contributed by atoms with Gasteiger partial charge in [0, 0.05) is 31.0 Å². The molecule has 0 unspecified atom stereocenters. The second-order valence-electron chi connectivity index (χ2n) is 6.46. The third kappa shape index (κ3) is 5.14. The molecule has 2 heterocycles. The molecule has 1 aliphatic rings. The molecule has 0 spiro atoms. The van der Waals surface area contributed by atoms with Crippen molar-refractivity contribution < 1.29 is 14.0 Å². The lowest BCUT2D eigenvalue weighted by molar-refractivity contribution is -0.133. The maximum Gasteiger partial charge on any atom is 0.287 e. The molecule has 0 atom stereocenters. The Bertz CT molecular complexity index is 755. The Hall–Kier alpha value is -2.21. The smallest absolute Gasteiger partial charge is 0.287 e. The molecule has 2 aromatic rings. The van der Waals surface area contributed by atoms with Crippen LogP contribution in [0.1, 0.15) is 41.1 Å². The maximum absolute atomic E-state index is 12.2. The molecule has 1 aromatic carbocycles. The number of nitrogens with one attached hydrogen (secondary N) is 1. The van der Waals surface area contributed by atoms with Crippen molar-refractivity contribution in [3.05, 3.63) is 53.5 Å². The fourth-order valence-corrected chi connectivity index (χ4v) is 3.65. The van der Waals surface area contributed by atoms with E-state index in [0.29, 0.717) is 31.0 Å². The maximum atomic E-state index is 12.2. The first kappa shape index (κ1) is 18.6. The second kappa shape index (κ2) is 8.94. The predicted octanol–water partition coefficient (Wildman–Crippen LogP) is 3.62. The lowest BCUT2D eigenvalue weighted by Crippen LogP contribution is -2.41. The Kier molecular flexibility index (Phi) is 6.39. The predicted molar refractivity (Wildman–Crippen MR) is 102 cm³/mol. The van der Waals surface area contributed by atoms with E-state index >= 15 is 0 Å². The van der Waals surface area contributed by atoms with Gasteiger partial charge in [0.05, 0.1) is 5.75 Å². The largest absolute Gasteiger partial charge is 0.455 e. The molecule has 2 amide bonds. The van der Waals surface area contributed by atoms with E-state index in [1.54, 1.807) is 17.8 Å². The molecule has 0 saturated carbocycles. The number of thioether (sulfide) groups is 1. The molecule has 3 rings (SSSR count). The van der Waals surface area contributed by atoms with Crippen molar-refractivity contribution in [3.8, 4) is 0 Å². The van der Waals surface area contributed by atoms with Crippen LogP contribution >= 0.6 is 11.8 Å². The van der Waals surface area contributed by atoms with Crippen molar-refractivity contribution in [2.45, 2.75) is 36.8 Å². The minimum Gasteiger partial charge on any atom is -0.455 e. The molecular formula is C20H24N2O3S. The van der Waals surface area contributed by atoms with Crippen LogP contribution < -0.4 is 5.32 Å². The van der Waals surface area contributed by atoms with Crippen LogP contribution in [0.5, 0.6) is 0 Å². The van der Waals surface area contributed by atoms with Crippen molar-refractivity contribution >= 4 is 23.6 Å². The number of piperidine rings is 1. The molecule has 5 nitrogen and oxygen atoms in total. The van der Waals surface area contributed by atoms with Gasteiger partial charge in [-0.1, -0.05) is 17.7 Å². The highest BCUT2D eigenvalue weighted by Gasteiger charge is 2.18. The van der Waals surface area contributed by atoms with Gasteiger partial charge in [-0.3, -0.25) is 9.59 Å². The van der Waals surface area contributed by atoms with Crippen LogP contribution in [0, 0.1) is 6.92 Å². The van der Waals surface area contributed by atoms with Gasteiger partial charge in [0.15, 0.2) is 5.76 Å². The summed E-state index contributed by atoms with van der Waals surface area (Å²) in [5, 5.41) is 2.83. The Morgan fingerprint density at radius 1 is 1.19 bits per heavy atom. The van der Waals surface area contributed by atoms with Crippen LogP contribution in [-0.4, -0.2) is 36.3 Å². The number of amides is 2. The van der Waals surface area contributed by atoms with Crippen LogP contribution in [-0.2, 0) is 10.5 Å². The SMILES string of the molecule is Cc1ccc(SCc2ccc(C(=O)NCCN3CCCCC3=O)o2)cc1. The fourth-order valence-electron chi connectivity index (χ4n) is 2.86. The van der Waals surface area contributed by atoms with Crippen molar-refractivity contribution in [1.82, 2.24) is 10.2 Å². The molecule has 1 aromatic heterocycles. The number of likely N-dealkylation sites (tertiary alicyclic amines) is 1. The van der Waals surface area contributed by atoms with Gasteiger partial charge in [0.1, 0.15) is 5.76 Å².